The monoisotopic (exact) mass is 449 g/mol. The Morgan fingerprint density at radius 3 is 2.90 bits per heavy atom. The lowest BCUT2D eigenvalue weighted by atomic mass is 9.97. The number of aliphatic hydroxyl groups is 1. The van der Waals surface area contributed by atoms with Crippen LogP contribution in [0.3, 0.4) is 0 Å². The SMILES string of the molecule is C[C@H]1C[C@@H](CO[PH](=O)OCCSC(=O)C(C)(C)CO)O[C@H]1n1ccc(N)nc1=O. The van der Waals surface area contributed by atoms with Gasteiger partial charge in [-0.15, -0.1) is 0 Å². The molecule has 0 bridgehead atoms. The Morgan fingerprint density at radius 1 is 1.52 bits per heavy atom. The van der Waals surface area contributed by atoms with Gasteiger partial charge in [0, 0.05) is 17.9 Å². The van der Waals surface area contributed by atoms with Gasteiger partial charge in [-0.3, -0.25) is 13.9 Å². The number of aliphatic hydroxyl groups excluding tert-OH is 1. The fourth-order valence-electron chi connectivity index (χ4n) is 2.71. The van der Waals surface area contributed by atoms with Gasteiger partial charge < -0.3 is 24.6 Å². The number of aromatic nitrogens is 2. The van der Waals surface area contributed by atoms with Crippen LogP contribution in [0.4, 0.5) is 5.82 Å². The van der Waals surface area contributed by atoms with Gasteiger partial charge >= 0.3 is 13.9 Å². The number of ether oxygens (including phenoxy) is 1. The molecule has 29 heavy (non-hydrogen) atoms. The molecule has 0 aromatic carbocycles. The number of nitrogen functional groups attached to an aromatic ring is 1. The van der Waals surface area contributed by atoms with Crippen molar-refractivity contribution in [2.24, 2.45) is 11.3 Å². The Kier molecular flexibility index (Phi) is 8.87. The molecule has 12 heteroatoms. The topological polar surface area (TPSA) is 143 Å². The van der Waals surface area contributed by atoms with Crippen LogP contribution < -0.4 is 11.4 Å². The second-order valence-corrected chi connectivity index (χ2v) is 9.64. The summed E-state index contributed by atoms with van der Waals surface area (Å²) >= 11 is 1.02. The van der Waals surface area contributed by atoms with Crippen molar-refractivity contribution in [3.8, 4) is 0 Å². The van der Waals surface area contributed by atoms with Crippen molar-refractivity contribution in [1.82, 2.24) is 9.55 Å². The van der Waals surface area contributed by atoms with Gasteiger partial charge in [0.25, 0.3) is 0 Å². The molecule has 1 saturated heterocycles. The summed E-state index contributed by atoms with van der Waals surface area (Å²) in [6, 6.07) is 1.53. The Hall–Kier alpha value is -1.23. The highest BCUT2D eigenvalue weighted by molar-refractivity contribution is 8.13. The van der Waals surface area contributed by atoms with Crippen LogP contribution in [-0.2, 0) is 23.1 Å². The molecule has 2 heterocycles. The van der Waals surface area contributed by atoms with Crippen LogP contribution >= 0.6 is 20.0 Å². The van der Waals surface area contributed by atoms with E-state index in [-0.39, 0.29) is 42.8 Å². The number of nitrogens with zero attached hydrogens (tertiary/aromatic N) is 2. The highest BCUT2D eigenvalue weighted by Crippen LogP contribution is 2.35. The highest BCUT2D eigenvalue weighted by atomic mass is 32.2. The maximum absolute atomic E-state index is 12.0. The van der Waals surface area contributed by atoms with E-state index >= 15 is 0 Å². The molecule has 0 amide bonds. The van der Waals surface area contributed by atoms with Gasteiger partial charge in [0.05, 0.1) is 31.3 Å². The molecule has 4 atom stereocenters. The normalized spacial score (nSPS) is 23.2. The summed E-state index contributed by atoms with van der Waals surface area (Å²) in [6.07, 6.45) is 1.33. The maximum atomic E-state index is 12.0. The first-order chi connectivity index (χ1) is 13.6. The lowest BCUT2D eigenvalue weighted by Crippen LogP contribution is -2.29. The first-order valence-electron chi connectivity index (χ1n) is 9.22. The first-order valence-corrected chi connectivity index (χ1v) is 11.4. The van der Waals surface area contributed by atoms with Crippen LogP contribution in [0.1, 0.15) is 33.4 Å². The van der Waals surface area contributed by atoms with Gasteiger partial charge in [-0.05, 0) is 26.3 Å². The molecule has 164 valence electrons. The number of nitrogens with two attached hydrogens (primary N) is 1. The van der Waals surface area contributed by atoms with E-state index in [0.717, 1.165) is 11.8 Å². The average molecular weight is 449 g/mol. The predicted molar refractivity (Wildman–Crippen MR) is 110 cm³/mol. The third-order valence-electron chi connectivity index (χ3n) is 4.45. The molecule has 1 unspecified atom stereocenters. The summed E-state index contributed by atoms with van der Waals surface area (Å²) in [6.45, 7) is 5.17. The van der Waals surface area contributed by atoms with Crippen molar-refractivity contribution in [2.75, 3.05) is 31.3 Å². The largest absolute Gasteiger partial charge is 0.395 e. The minimum atomic E-state index is -2.73. The molecule has 0 spiro atoms. The average Bonchev–Trinajstić information content (AvgIpc) is 3.03. The minimum Gasteiger partial charge on any atom is -0.395 e. The maximum Gasteiger partial charge on any atom is 0.351 e. The molecule has 0 saturated carbocycles. The highest BCUT2D eigenvalue weighted by Gasteiger charge is 2.34. The third kappa shape index (κ3) is 6.91. The number of carbonyl (C=O) groups is 1. The molecule has 1 fully saturated rings. The Bertz CT molecular complexity index is 789. The van der Waals surface area contributed by atoms with Crippen LogP contribution in [-0.4, -0.2) is 51.5 Å². The summed E-state index contributed by atoms with van der Waals surface area (Å²) in [5, 5.41) is 8.99. The zero-order chi connectivity index (χ0) is 21.6. The van der Waals surface area contributed by atoms with Crippen molar-refractivity contribution in [1.29, 1.82) is 0 Å². The molecule has 1 aromatic rings. The van der Waals surface area contributed by atoms with Gasteiger partial charge in [-0.1, -0.05) is 18.7 Å². The molecule has 0 aliphatic carbocycles. The van der Waals surface area contributed by atoms with Gasteiger partial charge in [-0.25, -0.2) is 4.79 Å². The van der Waals surface area contributed by atoms with Crippen molar-refractivity contribution in [3.05, 3.63) is 22.7 Å². The van der Waals surface area contributed by atoms with Crippen molar-refractivity contribution in [2.45, 2.75) is 39.5 Å². The van der Waals surface area contributed by atoms with Crippen LogP contribution in [0.5, 0.6) is 0 Å². The van der Waals surface area contributed by atoms with E-state index in [9.17, 15) is 14.2 Å². The smallest absolute Gasteiger partial charge is 0.351 e. The van der Waals surface area contributed by atoms with Gasteiger partial charge in [0.2, 0.25) is 0 Å². The summed E-state index contributed by atoms with van der Waals surface area (Å²) in [4.78, 5) is 27.5. The first kappa shape index (κ1) is 24.0. The van der Waals surface area contributed by atoms with E-state index in [1.807, 2.05) is 6.92 Å². The zero-order valence-corrected chi connectivity index (χ0v) is 18.5. The third-order valence-corrected chi connectivity index (χ3v) is 6.48. The zero-order valence-electron chi connectivity index (χ0n) is 16.7. The fourth-order valence-corrected chi connectivity index (χ4v) is 4.34. The van der Waals surface area contributed by atoms with Gasteiger partial charge in [-0.2, -0.15) is 4.98 Å². The Morgan fingerprint density at radius 2 is 2.24 bits per heavy atom. The molecule has 3 N–H and O–H groups in total. The predicted octanol–water partition coefficient (Wildman–Crippen LogP) is 1.45. The Balaban J connectivity index is 1.71. The van der Waals surface area contributed by atoms with E-state index in [1.54, 1.807) is 13.8 Å². The van der Waals surface area contributed by atoms with Crippen LogP contribution in [0.2, 0.25) is 0 Å². The second-order valence-electron chi connectivity index (χ2n) is 7.49. The molecular weight excluding hydrogens is 421 g/mol. The van der Waals surface area contributed by atoms with Crippen LogP contribution in [0, 0.1) is 11.3 Å². The second kappa shape index (κ2) is 10.7. The molecule has 1 aromatic heterocycles. The quantitative estimate of drug-likeness (QED) is 0.398. The molecule has 1 aliphatic rings. The number of anilines is 1. The molecule has 0 radical (unpaired) electrons. The number of rotatable bonds is 10. The summed E-state index contributed by atoms with van der Waals surface area (Å²) in [5.41, 5.74) is 4.19. The van der Waals surface area contributed by atoms with Crippen molar-refractivity contribution < 1.29 is 28.3 Å². The lowest BCUT2D eigenvalue weighted by Gasteiger charge is -2.18. The van der Waals surface area contributed by atoms with Crippen molar-refractivity contribution in [3.63, 3.8) is 0 Å². The fraction of sp³-hybridized carbons (Fsp3) is 0.706. The summed E-state index contributed by atoms with van der Waals surface area (Å²) in [7, 11) is -2.73. The van der Waals surface area contributed by atoms with E-state index in [2.05, 4.69) is 4.98 Å². The lowest BCUT2D eigenvalue weighted by molar-refractivity contribution is -0.119. The molecule has 10 nitrogen and oxygen atoms in total. The van der Waals surface area contributed by atoms with E-state index in [4.69, 9.17) is 24.6 Å². The van der Waals surface area contributed by atoms with Gasteiger partial charge in [0.15, 0.2) is 5.12 Å². The molecule has 1 aliphatic heterocycles. The number of thioether (sulfide) groups is 1. The van der Waals surface area contributed by atoms with Crippen LogP contribution in [0.15, 0.2) is 17.1 Å². The van der Waals surface area contributed by atoms with Crippen molar-refractivity contribution >= 4 is 30.9 Å². The van der Waals surface area contributed by atoms with E-state index < -0.39 is 25.6 Å². The minimum absolute atomic E-state index is 0.0345. The number of carbonyl (C=O) groups excluding carboxylic acids is 1. The summed E-state index contributed by atoms with van der Waals surface area (Å²) < 4.78 is 29.5. The van der Waals surface area contributed by atoms with Crippen LogP contribution in [0.25, 0.3) is 0 Å². The number of hydrogen-bond acceptors (Lipinski definition) is 10. The summed E-state index contributed by atoms with van der Waals surface area (Å²) in [5.74, 6) is 0.494. The standard InChI is InChI=1S/C17H28N3O7PS/c1-11-8-12(27-14(11)20-5-4-13(18)19-16(20)23)9-26-28(24)25-6-7-29-15(22)17(2,3)10-21/h4-5,11-12,14,21,28H,6-10H2,1-3H3,(H2,18,19,23)/t11-,12-,14+/m0/s1. The molecule has 2 rings (SSSR count). The number of hydrogen-bond donors (Lipinski definition) is 2. The van der Waals surface area contributed by atoms with Gasteiger partial charge in [0.1, 0.15) is 12.0 Å². The Labute approximate surface area is 174 Å². The van der Waals surface area contributed by atoms with E-state index in [0.29, 0.717) is 12.2 Å². The molecular formula is C17H28N3O7PS. The van der Waals surface area contributed by atoms with E-state index in [1.165, 1.54) is 16.8 Å².